The summed E-state index contributed by atoms with van der Waals surface area (Å²) < 4.78 is 0. The first-order valence-corrected chi connectivity index (χ1v) is 7.87. The van der Waals surface area contributed by atoms with Gasteiger partial charge in [-0.05, 0) is 43.9 Å². The van der Waals surface area contributed by atoms with Crippen LogP contribution in [0.5, 0.6) is 0 Å². The van der Waals surface area contributed by atoms with Crippen LogP contribution in [0.15, 0.2) is 0 Å². The second kappa shape index (κ2) is 6.38. The number of Topliss-reactive ketones (excluding diaryl/α,β-unsaturated/α-hetero) is 1. The van der Waals surface area contributed by atoms with Gasteiger partial charge in [0.15, 0.2) is 0 Å². The monoisotopic (exact) mass is 271 g/mol. The first-order valence-electron chi connectivity index (χ1n) is 7.43. The molecule has 1 aliphatic heterocycles. The van der Waals surface area contributed by atoms with E-state index in [2.05, 4.69) is 18.7 Å². The lowest BCUT2D eigenvalue weighted by atomic mass is 9.85. The van der Waals surface area contributed by atoms with Crippen molar-refractivity contribution in [1.82, 2.24) is 4.90 Å². The zero-order valence-electron chi connectivity index (χ0n) is 11.7. The van der Waals surface area contributed by atoms with Crippen molar-refractivity contribution < 1.29 is 4.79 Å². The average molecular weight is 272 g/mol. The van der Waals surface area contributed by atoms with E-state index >= 15 is 0 Å². The Balaban J connectivity index is 1.80. The van der Waals surface area contributed by atoms with Crippen LogP contribution in [0.2, 0.25) is 0 Å². The molecule has 2 rings (SSSR count). The van der Waals surface area contributed by atoms with Gasteiger partial charge in [0, 0.05) is 24.4 Å². The molecule has 2 nitrogen and oxygen atoms in total. The number of carbonyl (C=O) groups excluding carboxylic acids is 1. The quantitative estimate of drug-likeness (QED) is 0.734. The van der Waals surface area contributed by atoms with Crippen LogP contribution in [0.3, 0.4) is 0 Å². The predicted octanol–water partition coefficient (Wildman–Crippen LogP) is 3.33. The van der Waals surface area contributed by atoms with Crippen LogP contribution in [-0.4, -0.2) is 35.7 Å². The van der Waals surface area contributed by atoms with Crippen LogP contribution in [0.1, 0.15) is 46.0 Å². The smallest absolute Gasteiger partial charge is 0.149 e. The highest BCUT2D eigenvalue weighted by molar-refractivity contribution is 6.20. The van der Waals surface area contributed by atoms with E-state index in [4.69, 9.17) is 11.6 Å². The van der Waals surface area contributed by atoms with Gasteiger partial charge in [0.2, 0.25) is 0 Å². The van der Waals surface area contributed by atoms with Crippen LogP contribution in [0, 0.1) is 17.8 Å². The Labute approximate surface area is 116 Å². The number of alkyl halides is 1. The molecule has 1 aliphatic carbocycles. The largest absolute Gasteiger partial charge is 0.298 e. The molecule has 0 aromatic carbocycles. The van der Waals surface area contributed by atoms with Gasteiger partial charge in [0.05, 0.1) is 6.54 Å². The molecule has 2 aliphatic rings. The Morgan fingerprint density at radius 2 is 1.67 bits per heavy atom. The number of ketones is 1. The normalized spacial score (nSPS) is 38.6. The molecule has 0 amide bonds. The van der Waals surface area contributed by atoms with Gasteiger partial charge in [-0.2, -0.15) is 0 Å². The molecule has 18 heavy (non-hydrogen) atoms. The second-order valence-corrected chi connectivity index (χ2v) is 7.17. The number of hydrogen-bond acceptors (Lipinski definition) is 2. The molecule has 1 saturated carbocycles. The van der Waals surface area contributed by atoms with Crippen LogP contribution in [-0.2, 0) is 4.79 Å². The fraction of sp³-hybridized carbons (Fsp3) is 0.933. The van der Waals surface area contributed by atoms with Gasteiger partial charge in [0.25, 0.3) is 0 Å². The van der Waals surface area contributed by atoms with Crippen LogP contribution < -0.4 is 0 Å². The van der Waals surface area contributed by atoms with Gasteiger partial charge in [-0.25, -0.2) is 0 Å². The third-order valence-electron chi connectivity index (χ3n) is 4.44. The molecule has 1 saturated heterocycles. The molecule has 0 spiro atoms. The molecular weight excluding hydrogens is 246 g/mol. The van der Waals surface area contributed by atoms with Crippen molar-refractivity contribution in [2.24, 2.45) is 17.8 Å². The maximum atomic E-state index is 12.3. The van der Waals surface area contributed by atoms with Crippen molar-refractivity contribution >= 4 is 17.4 Å². The summed E-state index contributed by atoms with van der Waals surface area (Å²) in [5.41, 5.74) is 0. The Morgan fingerprint density at radius 1 is 1.11 bits per heavy atom. The summed E-state index contributed by atoms with van der Waals surface area (Å²) in [7, 11) is 0. The minimum absolute atomic E-state index is 0.285. The lowest BCUT2D eigenvalue weighted by Gasteiger charge is -2.35. The second-order valence-electron chi connectivity index (χ2n) is 6.56. The number of rotatable bonds is 3. The highest BCUT2D eigenvalue weighted by atomic mass is 35.5. The third kappa shape index (κ3) is 3.96. The van der Waals surface area contributed by atoms with E-state index < -0.39 is 0 Å². The molecule has 104 valence electrons. The molecular formula is C15H26ClNO. The van der Waals surface area contributed by atoms with E-state index in [0.29, 0.717) is 17.7 Å². The van der Waals surface area contributed by atoms with Crippen LogP contribution in [0.25, 0.3) is 0 Å². The predicted molar refractivity (Wildman–Crippen MR) is 76.0 cm³/mol. The third-order valence-corrected chi connectivity index (χ3v) is 4.87. The van der Waals surface area contributed by atoms with Gasteiger partial charge < -0.3 is 0 Å². The number of carbonyl (C=O) groups is 1. The van der Waals surface area contributed by atoms with E-state index in [1.54, 1.807) is 0 Å². The number of piperidine rings is 1. The maximum absolute atomic E-state index is 12.3. The summed E-state index contributed by atoms with van der Waals surface area (Å²) in [4.78, 5) is 14.7. The Hall–Kier alpha value is -0.0800. The van der Waals surface area contributed by atoms with Gasteiger partial charge >= 0.3 is 0 Å². The first kappa shape index (κ1) is 14.3. The van der Waals surface area contributed by atoms with E-state index in [9.17, 15) is 4.79 Å². The van der Waals surface area contributed by atoms with E-state index in [1.165, 1.54) is 6.42 Å². The molecule has 2 unspecified atom stereocenters. The van der Waals surface area contributed by atoms with Crippen LogP contribution in [0.4, 0.5) is 0 Å². The molecule has 2 atom stereocenters. The lowest BCUT2D eigenvalue weighted by molar-refractivity contribution is -0.125. The highest BCUT2D eigenvalue weighted by Crippen LogP contribution is 2.29. The highest BCUT2D eigenvalue weighted by Gasteiger charge is 2.28. The minimum atomic E-state index is 0.285. The van der Waals surface area contributed by atoms with Crippen molar-refractivity contribution in [3.8, 4) is 0 Å². The van der Waals surface area contributed by atoms with Crippen molar-refractivity contribution in [3.05, 3.63) is 0 Å². The molecule has 0 radical (unpaired) electrons. The Morgan fingerprint density at radius 3 is 2.22 bits per heavy atom. The molecule has 1 heterocycles. The standard InChI is InChI=1S/C15H26ClNO/c1-11-7-12(2)9-17(8-11)10-15(18)13-3-5-14(16)6-4-13/h11-14H,3-10H2,1-2H3. The minimum Gasteiger partial charge on any atom is -0.298 e. The maximum Gasteiger partial charge on any atom is 0.149 e. The summed E-state index contributed by atoms with van der Waals surface area (Å²) in [6, 6.07) is 0. The number of nitrogens with zero attached hydrogens (tertiary/aromatic N) is 1. The number of hydrogen-bond donors (Lipinski definition) is 0. The number of halogens is 1. The molecule has 0 aromatic heterocycles. The SMILES string of the molecule is CC1CC(C)CN(CC(=O)C2CCC(Cl)CC2)C1. The van der Waals surface area contributed by atoms with Gasteiger partial charge in [-0.1, -0.05) is 13.8 Å². The van der Waals surface area contributed by atoms with Gasteiger partial charge in [-0.3, -0.25) is 9.69 Å². The average Bonchev–Trinajstić information content (AvgIpc) is 2.28. The topological polar surface area (TPSA) is 20.3 Å². The van der Waals surface area contributed by atoms with Gasteiger partial charge in [0.1, 0.15) is 5.78 Å². The zero-order valence-corrected chi connectivity index (χ0v) is 12.5. The summed E-state index contributed by atoms with van der Waals surface area (Å²) in [5.74, 6) is 2.22. The van der Waals surface area contributed by atoms with Gasteiger partial charge in [-0.15, -0.1) is 11.6 Å². The zero-order chi connectivity index (χ0) is 13.1. The van der Waals surface area contributed by atoms with Crippen molar-refractivity contribution in [1.29, 1.82) is 0 Å². The Kier molecular flexibility index (Phi) is 5.08. The lowest BCUT2D eigenvalue weighted by Crippen LogP contribution is -2.43. The molecule has 0 bridgehead atoms. The fourth-order valence-corrected chi connectivity index (χ4v) is 3.90. The van der Waals surface area contributed by atoms with E-state index in [-0.39, 0.29) is 5.92 Å². The summed E-state index contributed by atoms with van der Waals surface area (Å²) in [6.07, 6.45) is 5.36. The number of likely N-dealkylation sites (tertiary alicyclic amines) is 1. The van der Waals surface area contributed by atoms with Crippen molar-refractivity contribution in [2.75, 3.05) is 19.6 Å². The van der Waals surface area contributed by atoms with E-state index in [0.717, 1.165) is 50.6 Å². The van der Waals surface area contributed by atoms with Crippen molar-refractivity contribution in [3.63, 3.8) is 0 Å². The molecule has 0 N–H and O–H groups in total. The molecule has 3 heteroatoms. The molecule has 0 aromatic rings. The first-order chi connectivity index (χ1) is 8.54. The van der Waals surface area contributed by atoms with E-state index in [1.807, 2.05) is 0 Å². The summed E-state index contributed by atoms with van der Waals surface area (Å²) in [6.45, 7) is 7.46. The fourth-order valence-electron chi connectivity index (χ4n) is 3.65. The summed E-state index contributed by atoms with van der Waals surface area (Å²) >= 11 is 6.10. The van der Waals surface area contributed by atoms with Crippen molar-refractivity contribution in [2.45, 2.75) is 51.3 Å². The Bertz CT molecular complexity index is 276. The molecule has 2 fully saturated rings. The summed E-state index contributed by atoms with van der Waals surface area (Å²) in [5, 5.41) is 0.309. The van der Waals surface area contributed by atoms with Crippen LogP contribution >= 0.6 is 11.6 Å².